The zero-order chi connectivity index (χ0) is 57.8. The molecule has 0 bridgehead atoms. The molecule has 6 nitrogen and oxygen atoms in total. The quantitative estimate of drug-likeness (QED) is 0.0247. The van der Waals surface area contributed by atoms with Crippen molar-refractivity contribution in [2.75, 3.05) is 0 Å². The average Bonchev–Trinajstić information content (AvgIpc) is 3.45. The molecule has 81 heavy (non-hydrogen) atoms. The SMILES string of the molecule is CCCCCCCCCCCCCc1cc(CCCCCCCCCCCCC)c2ccc(S(=O)(=O)[O-])cc2c1.CCCCCCCCCCCCCc1cc(CCCCCCCCCCCCC)c2ccc(S(=O)(=O)[O-])cc2c1.[Ba+2]. The second kappa shape index (κ2) is 48.9. The van der Waals surface area contributed by atoms with Crippen LogP contribution in [0, 0.1) is 0 Å². The van der Waals surface area contributed by atoms with Crippen molar-refractivity contribution >= 4 is 90.7 Å². The van der Waals surface area contributed by atoms with E-state index in [-0.39, 0.29) is 58.7 Å². The van der Waals surface area contributed by atoms with Gasteiger partial charge in [0, 0.05) is 0 Å². The van der Waals surface area contributed by atoms with Crippen LogP contribution in [-0.4, -0.2) is 74.8 Å². The van der Waals surface area contributed by atoms with Gasteiger partial charge in [0.2, 0.25) is 0 Å². The van der Waals surface area contributed by atoms with Crippen LogP contribution in [0.25, 0.3) is 21.5 Å². The molecule has 0 aliphatic carbocycles. The molecule has 0 radical (unpaired) electrons. The van der Waals surface area contributed by atoms with E-state index in [1.54, 1.807) is 12.1 Å². The molecule has 0 saturated carbocycles. The summed E-state index contributed by atoms with van der Waals surface area (Å²) >= 11 is 0. The van der Waals surface area contributed by atoms with Gasteiger partial charge in [-0.1, -0.05) is 321 Å². The molecule has 0 aliphatic heterocycles. The van der Waals surface area contributed by atoms with E-state index in [0.29, 0.717) is 0 Å². The van der Waals surface area contributed by atoms with Crippen LogP contribution in [0.3, 0.4) is 0 Å². The smallest absolute Gasteiger partial charge is 0.744 e. The van der Waals surface area contributed by atoms with E-state index in [1.165, 1.54) is 304 Å². The largest absolute Gasteiger partial charge is 2.00 e. The molecule has 0 N–H and O–H groups in total. The zero-order valence-electron chi connectivity index (χ0n) is 52.7. The molecule has 0 heterocycles. The first-order valence-corrected chi connectivity index (χ1v) is 36.8. The third-order valence-electron chi connectivity index (χ3n) is 17.0. The van der Waals surface area contributed by atoms with E-state index in [0.717, 1.165) is 60.1 Å². The minimum absolute atomic E-state index is 0. The molecule has 0 saturated heterocycles. The van der Waals surface area contributed by atoms with Crippen LogP contribution in [-0.2, 0) is 45.9 Å². The second-order valence-electron chi connectivity index (χ2n) is 24.3. The van der Waals surface area contributed by atoms with Crippen molar-refractivity contribution in [2.45, 2.75) is 346 Å². The maximum atomic E-state index is 11.7. The van der Waals surface area contributed by atoms with Crippen LogP contribution in [0.4, 0.5) is 0 Å². The third-order valence-corrected chi connectivity index (χ3v) is 18.6. The summed E-state index contributed by atoms with van der Waals surface area (Å²) in [5.41, 5.74) is 5.17. The topological polar surface area (TPSA) is 114 Å². The monoisotopic (exact) mass is 1280 g/mol. The van der Waals surface area contributed by atoms with Crippen molar-refractivity contribution in [3.05, 3.63) is 82.9 Å². The number of unbranched alkanes of at least 4 members (excludes halogenated alkanes) is 40. The average molecular weight is 1280 g/mol. The molecule has 0 amide bonds. The maximum absolute atomic E-state index is 11.7. The van der Waals surface area contributed by atoms with Gasteiger partial charge in [-0.2, -0.15) is 0 Å². The van der Waals surface area contributed by atoms with E-state index >= 15 is 0 Å². The summed E-state index contributed by atoms with van der Waals surface area (Å²) in [7, 11) is -8.90. The van der Waals surface area contributed by atoms with Crippen LogP contribution < -0.4 is 0 Å². The Labute approximate surface area is 540 Å². The van der Waals surface area contributed by atoms with Gasteiger partial charge in [0.15, 0.2) is 0 Å². The van der Waals surface area contributed by atoms with Gasteiger partial charge in [-0.15, -0.1) is 0 Å². The van der Waals surface area contributed by atoms with Gasteiger partial charge in [0.1, 0.15) is 20.2 Å². The number of hydrogen-bond acceptors (Lipinski definition) is 6. The Morgan fingerprint density at radius 3 is 0.704 bits per heavy atom. The Morgan fingerprint density at radius 2 is 0.481 bits per heavy atom. The van der Waals surface area contributed by atoms with E-state index in [1.807, 2.05) is 12.1 Å². The molecule has 4 aromatic carbocycles. The molecule has 4 rings (SSSR count). The van der Waals surface area contributed by atoms with Gasteiger partial charge in [-0.05, 0) is 119 Å². The molecule has 0 aromatic heterocycles. The molecule has 0 unspecified atom stereocenters. The van der Waals surface area contributed by atoms with E-state index in [2.05, 4.69) is 52.0 Å². The van der Waals surface area contributed by atoms with Crippen LogP contribution in [0.5, 0.6) is 0 Å². The number of fused-ring (bicyclic) bond motifs is 2. The normalized spacial score (nSPS) is 11.8. The van der Waals surface area contributed by atoms with Crippen molar-refractivity contribution < 1.29 is 25.9 Å². The third kappa shape index (κ3) is 36.5. The fourth-order valence-electron chi connectivity index (χ4n) is 12.0. The predicted molar refractivity (Wildman–Crippen MR) is 350 cm³/mol. The van der Waals surface area contributed by atoms with Gasteiger partial charge in [0.05, 0.1) is 9.79 Å². The molecule has 0 aliphatic rings. The maximum Gasteiger partial charge on any atom is 2.00 e. The predicted octanol–water partition coefficient (Wildman–Crippen LogP) is 22.5. The Bertz CT molecular complexity index is 2230. The van der Waals surface area contributed by atoms with Crippen LogP contribution in [0.15, 0.2) is 70.5 Å². The van der Waals surface area contributed by atoms with Crippen molar-refractivity contribution in [3.8, 4) is 0 Å². The van der Waals surface area contributed by atoms with Gasteiger partial charge in [-0.3, -0.25) is 0 Å². The number of aryl methyl sites for hydroxylation is 4. The van der Waals surface area contributed by atoms with Crippen LogP contribution in [0.1, 0.15) is 332 Å². The standard InChI is InChI=1S/2C36H60O3S.Ba/c2*1-3-5-7-9-11-13-15-17-19-21-23-25-32-29-33(26-24-22-20-18-16-14-12-10-8-6-4-2)36-28-27-35(40(37,38)39)31-34(36)30-32;/h2*27-31H,3-26H2,1-2H3,(H,37,38,39);/q;;+2/p-2. The summed E-state index contributed by atoms with van der Waals surface area (Å²) in [6.45, 7) is 9.08. The minimum Gasteiger partial charge on any atom is -0.744 e. The van der Waals surface area contributed by atoms with Gasteiger partial charge in [-0.25, -0.2) is 16.8 Å². The van der Waals surface area contributed by atoms with E-state index < -0.39 is 20.2 Å². The van der Waals surface area contributed by atoms with Crippen LogP contribution in [0.2, 0.25) is 0 Å². The molecular formula is C72H118BaO6S2. The number of hydrogen-bond donors (Lipinski definition) is 0. The first-order chi connectivity index (χ1) is 38.9. The van der Waals surface area contributed by atoms with Gasteiger partial charge in [0.25, 0.3) is 0 Å². The summed E-state index contributed by atoms with van der Waals surface area (Å²) in [5.74, 6) is 0. The van der Waals surface area contributed by atoms with Crippen LogP contribution >= 0.6 is 0 Å². The first-order valence-electron chi connectivity index (χ1n) is 33.9. The summed E-state index contributed by atoms with van der Waals surface area (Å²) in [4.78, 5) is -0.236. The fraction of sp³-hybridized carbons (Fsp3) is 0.722. The summed E-state index contributed by atoms with van der Waals surface area (Å²) in [6.07, 6.45) is 62.7. The Morgan fingerprint density at radius 1 is 0.272 bits per heavy atom. The Hall–Kier alpha value is -1.21. The van der Waals surface area contributed by atoms with E-state index in [9.17, 15) is 25.9 Å². The van der Waals surface area contributed by atoms with Gasteiger partial charge >= 0.3 is 48.9 Å². The molecular weight excluding hydrogens is 1160 g/mol. The zero-order valence-corrected chi connectivity index (χ0v) is 58.8. The van der Waals surface area contributed by atoms with Gasteiger partial charge < -0.3 is 9.11 Å². The molecule has 9 heteroatoms. The first kappa shape index (κ1) is 75.9. The summed E-state index contributed by atoms with van der Waals surface area (Å²) < 4.78 is 70.0. The van der Waals surface area contributed by atoms with E-state index in [4.69, 9.17) is 0 Å². The number of rotatable bonds is 50. The molecule has 456 valence electrons. The molecule has 4 aromatic rings. The molecule has 0 atom stereocenters. The summed E-state index contributed by atoms with van der Waals surface area (Å²) in [5, 5.41) is 4.00. The van der Waals surface area contributed by atoms with Crippen molar-refractivity contribution in [1.82, 2.24) is 0 Å². The van der Waals surface area contributed by atoms with Crippen molar-refractivity contribution in [1.29, 1.82) is 0 Å². The molecule has 0 spiro atoms. The Balaban J connectivity index is 0.000000547. The minimum atomic E-state index is -4.45. The molecule has 0 fully saturated rings. The fourth-order valence-corrected chi connectivity index (χ4v) is 13.0. The number of benzene rings is 4. The van der Waals surface area contributed by atoms with Crippen molar-refractivity contribution in [2.24, 2.45) is 0 Å². The second-order valence-corrected chi connectivity index (χ2v) is 27.1. The Kier molecular flexibility index (Phi) is 45.8. The summed E-state index contributed by atoms with van der Waals surface area (Å²) in [6, 6.07) is 18.8. The van der Waals surface area contributed by atoms with Crippen molar-refractivity contribution in [3.63, 3.8) is 0 Å².